The van der Waals surface area contributed by atoms with E-state index in [1.807, 2.05) is 4.90 Å². The van der Waals surface area contributed by atoms with Crippen LogP contribution in [0.15, 0.2) is 18.2 Å². The molecule has 0 aliphatic carbocycles. The molecule has 1 aliphatic heterocycles. The number of halogens is 1. The first-order valence-electron chi connectivity index (χ1n) is 6.00. The van der Waals surface area contributed by atoms with Gasteiger partial charge in [-0.1, -0.05) is 0 Å². The molecular weight excluding hydrogens is 235 g/mol. The summed E-state index contributed by atoms with van der Waals surface area (Å²) >= 11 is 0. The van der Waals surface area contributed by atoms with E-state index in [2.05, 4.69) is 0 Å². The van der Waals surface area contributed by atoms with Crippen molar-refractivity contribution in [3.8, 4) is 0 Å². The third-order valence-corrected chi connectivity index (χ3v) is 3.23. The predicted molar refractivity (Wildman–Crippen MR) is 66.8 cm³/mol. The van der Waals surface area contributed by atoms with Gasteiger partial charge in [0.25, 0.3) is 0 Å². The summed E-state index contributed by atoms with van der Waals surface area (Å²) in [6, 6.07) is 4.29. The van der Waals surface area contributed by atoms with Gasteiger partial charge in [-0.3, -0.25) is 4.79 Å². The van der Waals surface area contributed by atoms with Crippen LogP contribution in [-0.4, -0.2) is 42.6 Å². The molecule has 1 aromatic rings. The Bertz CT molecular complexity index is 451. The monoisotopic (exact) mass is 252 g/mol. The lowest BCUT2D eigenvalue weighted by atomic mass is 10.1. The Kier molecular flexibility index (Phi) is 3.81. The third kappa shape index (κ3) is 2.61. The van der Waals surface area contributed by atoms with E-state index in [0.717, 1.165) is 25.2 Å². The lowest BCUT2D eigenvalue weighted by molar-refractivity contribution is -0.127. The van der Waals surface area contributed by atoms with Crippen molar-refractivity contribution in [2.45, 2.75) is 13.0 Å². The van der Waals surface area contributed by atoms with Crippen molar-refractivity contribution in [1.29, 1.82) is 0 Å². The number of amides is 1. The van der Waals surface area contributed by atoms with Gasteiger partial charge in [0.05, 0.1) is 13.2 Å². The second-order valence-corrected chi connectivity index (χ2v) is 4.52. The number of hydrogen-bond donors (Lipinski definition) is 1. The maximum absolute atomic E-state index is 13.1. The molecule has 1 saturated heterocycles. The minimum absolute atomic E-state index is 0.0423. The Balaban J connectivity index is 2.27. The van der Waals surface area contributed by atoms with Crippen LogP contribution in [0, 0.1) is 5.82 Å². The van der Waals surface area contributed by atoms with Crippen LogP contribution in [0.3, 0.4) is 0 Å². The van der Waals surface area contributed by atoms with E-state index in [9.17, 15) is 14.3 Å². The molecule has 0 bridgehead atoms. The zero-order valence-corrected chi connectivity index (χ0v) is 10.4. The van der Waals surface area contributed by atoms with Gasteiger partial charge in [-0.05, 0) is 24.6 Å². The Labute approximate surface area is 106 Å². The molecule has 0 atom stereocenters. The average Bonchev–Trinajstić information content (AvgIpc) is 2.52. The summed E-state index contributed by atoms with van der Waals surface area (Å²) in [5.74, 6) is -0.332. The molecule has 18 heavy (non-hydrogen) atoms. The van der Waals surface area contributed by atoms with E-state index in [0.29, 0.717) is 5.56 Å². The Hall–Kier alpha value is -1.62. The first-order chi connectivity index (χ1) is 8.61. The van der Waals surface area contributed by atoms with Crippen LogP contribution in [0.25, 0.3) is 0 Å². The zero-order valence-electron chi connectivity index (χ0n) is 10.4. The van der Waals surface area contributed by atoms with Gasteiger partial charge in [0.2, 0.25) is 5.91 Å². The number of benzene rings is 1. The van der Waals surface area contributed by atoms with Gasteiger partial charge in [0.1, 0.15) is 5.82 Å². The highest BCUT2D eigenvalue weighted by Gasteiger charge is 2.20. The van der Waals surface area contributed by atoms with Gasteiger partial charge in [0.15, 0.2) is 0 Å². The molecular formula is C13H17FN2O2. The van der Waals surface area contributed by atoms with Crippen molar-refractivity contribution in [3.05, 3.63) is 29.6 Å². The van der Waals surface area contributed by atoms with Gasteiger partial charge in [-0.25, -0.2) is 4.39 Å². The van der Waals surface area contributed by atoms with Crippen molar-refractivity contribution in [1.82, 2.24) is 4.90 Å². The molecule has 1 heterocycles. The second kappa shape index (κ2) is 5.35. The molecule has 1 aromatic carbocycles. The van der Waals surface area contributed by atoms with E-state index in [4.69, 9.17) is 0 Å². The number of hydrogen-bond acceptors (Lipinski definition) is 3. The van der Waals surface area contributed by atoms with Gasteiger partial charge in [-0.15, -0.1) is 0 Å². The molecule has 0 saturated carbocycles. The Morgan fingerprint density at radius 2 is 2.17 bits per heavy atom. The summed E-state index contributed by atoms with van der Waals surface area (Å²) in [5, 5.41) is 9.27. The number of rotatable bonds is 2. The summed E-state index contributed by atoms with van der Waals surface area (Å²) in [7, 11) is 1.78. The molecule has 98 valence electrons. The first kappa shape index (κ1) is 12.8. The topological polar surface area (TPSA) is 43.8 Å². The largest absolute Gasteiger partial charge is 0.392 e. The van der Waals surface area contributed by atoms with E-state index in [-0.39, 0.29) is 24.9 Å². The number of aliphatic hydroxyl groups excluding tert-OH is 1. The van der Waals surface area contributed by atoms with Crippen LogP contribution in [-0.2, 0) is 11.4 Å². The van der Waals surface area contributed by atoms with E-state index in [1.54, 1.807) is 18.0 Å². The van der Waals surface area contributed by atoms with Crippen molar-refractivity contribution >= 4 is 11.6 Å². The van der Waals surface area contributed by atoms with Crippen LogP contribution in [0.1, 0.15) is 12.0 Å². The number of anilines is 1. The highest BCUT2D eigenvalue weighted by atomic mass is 19.1. The number of nitrogens with zero attached hydrogens (tertiary/aromatic N) is 2. The number of carbonyl (C=O) groups excluding carboxylic acids is 1. The SMILES string of the molecule is CN1CCCN(c2ccc(F)cc2CO)CC1=O. The molecule has 0 spiro atoms. The van der Waals surface area contributed by atoms with Crippen LogP contribution in [0.4, 0.5) is 10.1 Å². The number of likely N-dealkylation sites (N-methyl/N-ethyl adjacent to an activating group) is 1. The Morgan fingerprint density at radius 1 is 1.39 bits per heavy atom. The van der Waals surface area contributed by atoms with Gasteiger partial charge in [0, 0.05) is 31.4 Å². The fraction of sp³-hybridized carbons (Fsp3) is 0.462. The first-order valence-corrected chi connectivity index (χ1v) is 6.00. The molecule has 1 fully saturated rings. The van der Waals surface area contributed by atoms with Gasteiger partial charge in [-0.2, -0.15) is 0 Å². The van der Waals surface area contributed by atoms with E-state index < -0.39 is 0 Å². The van der Waals surface area contributed by atoms with Crippen molar-refractivity contribution in [2.75, 3.05) is 31.6 Å². The molecule has 0 radical (unpaired) electrons. The van der Waals surface area contributed by atoms with Gasteiger partial charge >= 0.3 is 0 Å². The fourth-order valence-electron chi connectivity index (χ4n) is 2.18. The van der Waals surface area contributed by atoms with Crippen molar-refractivity contribution in [2.24, 2.45) is 0 Å². The van der Waals surface area contributed by atoms with Crippen LogP contribution >= 0.6 is 0 Å². The highest BCUT2D eigenvalue weighted by molar-refractivity contribution is 5.82. The molecule has 4 nitrogen and oxygen atoms in total. The highest BCUT2D eigenvalue weighted by Crippen LogP contribution is 2.23. The van der Waals surface area contributed by atoms with Crippen molar-refractivity contribution < 1.29 is 14.3 Å². The quantitative estimate of drug-likeness (QED) is 0.853. The lowest BCUT2D eigenvalue weighted by Crippen LogP contribution is -2.34. The standard InChI is InChI=1S/C13H17FN2O2/c1-15-5-2-6-16(8-13(15)18)12-4-3-11(14)7-10(12)9-17/h3-4,7,17H,2,5-6,8-9H2,1H3. The second-order valence-electron chi connectivity index (χ2n) is 4.52. The smallest absolute Gasteiger partial charge is 0.241 e. The van der Waals surface area contributed by atoms with E-state index >= 15 is 0 Å². The molecule has 1 aliphatic rings. The molecule has 0 unspecified atom stereocenters. The number of aliphatic hydroxyl groups is 1. The third-order valence-electron chi connectivity index (χ3n) is 3.23. The molecule has 2 rings (SSSR count). The molecule has 0 aromatic heterocycles. The normalized spacial score (nSPS) is 16.9. The number of carbonyl (C=O) groups is 1. The molecule has 1 N–H and O–H groups in total. The zero-order chi connectivity index (χ0) is 13.1. The Morgan fingerprint density at radius 3 is 2.89 bits per heavy atom. The maximum atomic E-state index is 13.1. The van der Waals surface area contributed by atoms with Crippen molar-refractivity contribution in [3.63, 3.8) is 0 Å². The predicted octanol–water partition coefficient (Wildman–Crippen LogP) is 0.986. The summed E-state index contributed by atoms with van der Waals surface area (Å²) in [6.45, 7) is 1.50. The van der Waals surface area contributed by atoms with Crippen LogP contribution in [0.2, 0.25) is 0 Å². The van der Waals surface area contributed by atoms with E-state index in [1.165, 1.54) is 12.1 Å². The molecule has 1 amide bonds. The maximum Gasteiger partial charge on any atom is 0.241 e. The molecule has 5 heteroatoms. The summed E-state index contributed by atoms with van der Waals surface area (Å²) in [6.07, 6.45) is 0.866. The van der Waals surface area contributed by atoms with Crippen LogP contribution in [0.5, 0.6) is 0 Å². The van der Waals surface area contributed by atoms with Crippen LogP contribution < -0.4 is 4.90 Å². The average molecular weight is 252 g/mol. The minimum atomic E-state index is -0.374. The van der Waals surface area contributed by atoms with Gasteiger partial charge < -0.3 is 14.9 Å². The minimum Gasteiger partial charge on any atom is -0.392 e. The lowest BCUT2D eigenvalue weighted by Gasteiger charge is -2.24. The summed E-state index contributed by atoms with van der Waals surface area (Å²) < 4.78 is 13.1. The summed E-state index contributed by atoms with van der Waals surface area (Å²) in [5.41, 5.74) is 1.26. The fourth-order valence-corrected chi connectivity index (χ4v) is 2.18. The summed E-state index contributed by atoms with van der Waals surface area (Å²) in [4.78, 5) is 15.4.